The Morgan fingerprint density at radius 3 is 2.05 bits per heavy atom. The van der Waals surface area contributed by atoms with Crippen LogP contribution in [0.5, 0.6) is 0 Å². The molecule has 1 aromatic heterocycles. The molecule has 1 N–H and O–H groups in total. The predicted octanol–water partition coefficient (Wildman–Crippen LogP) is 6.02. The maximum absolute atomic E-state index is 4.60. The molecule has 1 unspecified atom stereocenters. The van der Waals surface area contributed by atoms with Crippen molar-refractivity contribution in [2.75, 3.05) is 7.05 Å². The van der Waals surface area contributed by atoms with Crippen molar-refractivity contribution in [3.8, 4) is 0 Å². The highest BCUT2D eigenvalue weighted by atomic mass is 32.1. The number of rotatable bonds is 13. The van der Waals surface area contributed by atoms with Crippen LogP contribution in [0.3, 0.4) is 0 Å². The number of unbranched alkanes of at least 4 members (excludes halogenated alkanes) is 9. The van der Waals surface area contributed by atoms with Crippen LogP contribution in [0.2, 0.25) is 0 Å². The zero-order chi connectivity index (χ0) is 15.3. The SMILES string of the molecule is CCCCCCCCCCCCC(NC)c1csc(C)n1. The Bertz CT molecular complexity index is 349. The minimum atomic E-state index is 0.448. The van der Waals surface area contributed by atoms with Crippen LogP contribution in [0.25, 0.3) is 0 Å². The summed E-state index contributed by atoms with van der Waals surface area (Å²) in [5, 5.41) is 6.78. The summed E-state index contributed by atoms with van der Waals surface area (Å²) in [5.41, 5.74) is 1.23. The van der Waals surface area contributed by atoms with E-state index in [2.05, 4.69) is 36.6 Å². The molecule has 1 atom stereocenters. The number of aromatic nitrogens is 1. The predicted molar refractivity (Wildman–Crippen MR) is 95.1 cm³/mol. The summed E-state index contributed by atoms with van der Waals surface area (Å²) in [6.07, 6.45) is 15.3. The van der Waals surface area contributed by atoms with Crippen molar-refractivity contribution in [1.29, 1.82) is 0 Å². The van der Waals surface area contributed by atoms with Crippen LogP contribution in [0.4, 0.5) is 0 Å². The highest BCUT2D eigenvalue weighted by Gasteiger charge is 2.11. The first-order valence-corrected chi connectivity index (χ1v) is 9.75. The number of nitrogens with zero attached hydrogens (tertiary/aromatic N) is 1. The van der Waals surface area contributed by atoms with E-state index >= 15 is 0 Å². The fraction of sp³-hybridized carbons (Fsp3) is 0.833. The molecule has 0 spiro atoms. The summed E-state index contributed by atoms with van der Waals surface area (Å²) < 4.78 is 0. The molecule has 0 aromatic carbocycles. The Labute approximate surface area is 135 Å². The van der Waals surface area contributed by atoms with E-state index in [-0.39, 0.29) is 0 Å². The van der Waals surface area contributed by atoms with Crippen LogP contribution >= 0.6 is 11.3 Å². The fourth-order valence-electron chi connectivity index (χ4n) is 2.82. The van der Waals surface area contributed by atoms with E-state index in [1.54, 1.807) is 11.3 Å². The summed E-state index contributed by atoms with van der Waals surface area (Å²) in [5.74, 6) is 0. The number of hydrogen-bond acceptors (Lipinski definition) is 3. The van der Waals surface area contributed by atoms with Crippen LogP contribution in [0, 0.1) is 6.92 Å². The van der Waals surface area contributed by atoms with Gasteiger partial charge in [0.15, 0.2) is 0 Å². The molecule has 0 amide bonds. The monoisotopic (exact) mass is 310 g/mol. The van der Waals surface area contributed by atoms with E-state index < -0.39 is 0 Å². The van der Waals surface area contributed by atoms with Crippen molar-refractivity contribution in [2.45, 2.75) is 90.5 Å². The highest BCUT2D eigenvalue weighted by Crippen LogP contribution is 2.21. The minimum absolute atomic E-state index is 0.448. The average molecular weight is 311 g/mol. The van der Waals surface area contributed by atoms with Gasteiger partial charge in [0.1, 0.15) is 0 Å². The molecule has 122 valence electrons. The standard InChI is InChI=1S/C18H34N2S/c1-4-5-6-7-8-9-10-11-12-13-14-17(19-3)18-15-21-16(2)20-18/h15,17,19H,4-14H2,1-3H3. The summed E-state index contributed by atoms with van der Waals surface area (Å²) in [4.78, 5) is 4.60. The van der Waals surface area contributed by atoms with Gasteiger partial charge in [-0.3, -0.25) is 0 Å². The summed E-state index contributed by atoms with van der Waals surface area (Å²) >= 11 is 1.76. The van der Waals surface area contributed by atoms with Gasteiger partial charge in [-0.15, -0.1) is 11.3 Å². The van der Waals surface area contributed by atoms with Gasteiger partial charge in [-0.25, -0.2) is 4.98 Å². The van der Waals surface area contributed by atoms with Crippen molar-refractivity contribution >= 4 is 11.3 Å². The van der Waals surface area contributed by atoms with Crippen molar-refractivity contribution in [2.24, 2.45) is 0 Å². The molecular weight excluding hydrogens is 276 g/mol. The maximum Gasteiger partial charge on any atom is 0.0898 e. The zero-order valence-corrected chi connectivity index (χ0v) is 15.1. The van der Waals surface area contributed by atoms with E-state index in [1.165, 1.54) is 81.3 Å². The quantitative estimate of drug-likeness (QED) is 0.450. The van der Waals surface area contributed by atoms with Crippen LogP contribution in [0.15, 0.2) is 5.38 Å². The Hall–Kier alpha value is -0.410. The van der Waals surface area contributed by atoms with Crippen molar-refractivity contribution in [1.82, 2.24) is 10.3 Å². The molecular formula is C18H34N2S. The lowest BCUT2D eigenvalue weighted by molar-refractivity contribution is 0.486. The first-order chi connectivity index (χ1) is 10.3. The summed E-state index contributed by atoms with van der Waals surface area (Å²) in [6, 6.07) is 0.448. The van der Waals surface area contributed by atoms with Gasteiger partial charge in [-0.05, 0) is 20.4 Å². The first kappa shape index (κ1) is 18.6. The van der Waals surface area contributed by atoms with Gasteiger partial charge in [-0.1, -0.05) is 71.1 Å². The average Bonchev–Trinajstić information content (AvgIpc) is 2.91. The molecule has 3 heteroatoms. The minimum Gasteiger partial charge on any atom is -0.312 e. The normalized spacial score (nSPS) is 12.7. The Balaban J connectivity index is 1.98. The molecule has 0 aliphatic heterocycles. The molecule has 0 saturated carbocycles. The van der Waals surface area contributed by atoms with Gasteiger partial charge >= 0.3 is 0 Å². The van der Waals surface area contributed by atoms with Gasteiger partial charge in [0.05, 0.1) is 16.7 Å². The van der Waals surface area contributed by atoms with Crippen molar-refractivity contribution < 1.29 is 0 Å². The molecule has 1 rings (SSSR count). The van der Waals surface area contributed by atoms with E-state index in [4.69, 9.17) is 0 Å². The van der Waals surface area contributed by atoms with Crippen LogP contribution in [0.1, 0.15) is 94.3 Å². The second-order valence-electron chi connectivity index (χ2n) is 6.10. The molecule has 0 bridgehead atoms. The summed E-state index contributed by atoms with van der Waals surface area (Å²) in [6.45, 7) is 4.37. The smallest absolute Gasteiger partial charge is 0.0898 e. The van der Waals surface area contributed by atoms with E-state index in [0.717, 1.165) is 0 Å². The highest BCUT2D eigenvalue weighted by molar-refractivity contribution is 7.09. The van der Waals surface area contributed by atoms with Crippen LogP contribution in [-0.2, 0) is 0 Å². The topological polar surface area (TPSA) is 24.9 Å². The molecule has 0 aliphatic carbocycles. The van der Waals surface area contributed by atoms with Gasteiger partial charge in [0, 0.05) is 5.38 Å². The largest absolute Gasteiger partial charge is 0.312 e. The Kier molecular flexibility index (Phi) is 10.8. The van der Waals surface area contributed by atoms with Gasteiger partial charge in [-0.2, -0.15) is 0 Å². The van der Waals surface area contributed by atoms with Gasteiger partial charge in [0.25, 0.3) is 0 Å². The Morgan fingerprint density at radius 1 is 1.00 bits per heavy atom. The first-order valence-electron chi connectivity index (χ1n) is 8.87. The number of hydrogen-bond donors (Lipinski definition) is 1. The third-order valence-electron chi connectivity index (χ3n) is 4.19. The molecule has 21 heavy (non-hydrogen) atoms. The molecule has 1 heterocycles. The summed E-state index contributed by atoms with van der Waals surface area (Å²) in [7, 11) is 2.05. The molecule has 0 aliphatic rings. The van der Waals surface area contributed by atoms with E-state index in [9.17, 15) is 0 Å². The molecule has 1 aromatic rings. The zero-order valence-electron chi connectivity index (χ0n) is 14.3. The molecule has 0 fully saturated rings. The number of thiazole rings is 1. The van der Waals surface area contributed by atoms with E-state index in [0.29, 0.717) is 6.04 Å². The van der Waals surface area contributed by atoms with Crippen molar-refractivity contribution in [3.05, 3.63) is 16.1 Å². The van der Waals surface area contributed by atoms with Crippen LogP contribution < -0.4 is 5.32 Å². The lowest BCUT2D eigenvalue weighted by Gasteiger charge is -2.13. The molecule has 0 radical (unpaired) electrons. The Morgan fingerprint density at radius 2 is 1.57 bits per heavy atom. The third kappa shape index (κ3) is 8.57. The van der Waals surface area contributed by atoms with E-state index in [1.807, 2.05) is 0 Å². The second kappa shape index (κ2) is 12.2. The molecule has 2 nitrogen and oxygen atoms in total. The van der Waals surface area contributed by atoms with Crippen LogP contribution in [-0.4, -0.2) is 12.0 Å². The lowest BCUT2D eigenvalue weighted by Crippen LogP contribution is -2.16. The number of aryl methyl sites for hydroxylation is 1. The lowest BCUT2D eigenvalue weighted by atomic mass is 10.0. The van der Waals surface area contributed by atoms with Crippen molar-refractivity contribution in [3.63, 3.8) is 0 Å². The second-order valence-corrected chi connectivity index (χ2v) is 7.17. The van der Waals surface area contributed by atoms with Gasteiger partial charge in [0.2, 0.25) is 0 Å². The number of nitrogens with one attached hydrogen (secondary N) is 1. The third-order valence-corrected chi connectivity index (χ3v) is 4.98. The maximum atomic E-state index is 4.60. The molecule has 0 saturated heterocycles. The fourth-order valence-corrected chi connectivity index (χ4v) is 3.48. The van der Waals surface area contributed by atoms with Gasteiger partial charge < -0.3 is 5.32 Å².